The summed E-state index contributed by atoms with van der Waals surface area (Å²) in [5.74, 6) is -0.608. The molecule has 2 rings (SSSR count). The minimum Gasteiger partial charge on any atom is -0.368 e. The van der Waals surface area contributed by atoms with Crippen molar-refractivity contribution in [3.8, 4) is 11.1 Å². The van der Waals surface area contributed by atoms with E-state index in [-0.39, 0.29) is 17.8 Å². The Hall–Kier alpha value is -2.20. The Bertz CT molecular complexity index is 578. The summed E-state index contributed by atoms with van der Waals surface area (Å²) < 4.78 is 12.9. The smallest absolute Gasteiger partial charge is 0.234 e. The molecule has 0 radical (unpaired) electrons. The van der Waals surface area contributed by atoms with Crippen molar-refractivity contribution in [2.45, 2.75) is 19.5 Å². The number of carbonyl (C=O) groups excluding carboxylic acids is 1. The quantitative estimate of drug-likeness (QED) is 0.878. The molecule has 0 saturated heterocycles. The fourth-order valence-electron chi connectivity index (χ4n) is 1.83. The van der Waals surface area contributed by atoms with Gasteiger partial charge in [-0.3, -0.25) is 4.79 Å². The third-order valence-electron chi connectivity index (χ3n) is 3.17. The highest BCUT2D eigenvalue weighted by molar-refractivity contribution is 5.79. The van der Waals surface area contributed by atoms with E-state index in [9.17, 15) is 9.18 Å². The van der Waals surface area contributed by atoms with Crippen LogP contribution in [0.5, 0.6) is 0 Å². The van der Waals surface area contributed by atoms with Gasteiger partial charge in [0.15, 0.2) is 0 Å². The molecule has 2 aromatic carbocycles. The van der Waals surface area contributed by atoms with Crippen LogP contribution < -0.4 is 11.1 Å². The first-order valence-corrected chi connectivity index (χ1v) is 6.44. The second-order valence-electron chi connectivity index (χ2n) is 4.71. The number of nitrogens with one attached hydrogen (secondary N) is 1. The predicted molar refractivity (Wildman–Crippen MR) is 77.3 cm³/mol. The van der Waals surface area contributed by atoms with E-state index in [0.717, 1.165) is 16.7 Å². The molecule has 1 unspecified atom stereocenters. The number of primary amides is 1. The second-order valence-corrected chi connectivity index (χ2v) is 4.71. The van der Waals surface area contributed by atoms with Gasteiger partial charge < -0.3 is 11.1 Å². The Morgan fingerprint density at radius 3 is 2.10 bits per heavy atom. The predicted octanol–water partition coefficient (Wildman–Crippen LogP) is 2.46. The number of amides is 1. The Morgan fingerprint density at radius 2 is 1.60 bits per heavy atom. The minimum absolute atomic E-state index is 0.241. The molecule has 0 saturated carbocycles. The summed E-state index contributed by atoms with van der Waals surface area (Å²) in [7, 11) is 0. The van der Waals surface area contributed by atoms with Crippen LogP contribution in [0.2, 0.25) is 0 Å². The zero-order chi connectivity index (χ0) is 14.5. The Kier molecular flexibility index (Phi) is 4.48. The van der Waals surface area contributed by atoms with Crippen molar-refractivity contribution in [3.63, 3.8) is 0 Å². The highest BCUT2D eigenvalue weighted by Crippen LogP contribution is 2.20. The lowest BCUT2D eigenvalue weighted by Gasteiger charge is -2.10. The molecule has 0 aliphatic carbocycles. The van der Waals surface area contributed by atoms with Crippen molar-refractivity contribution < 1.29 is 9.18 Å². The maximum atomic E-state index is 12.9. The number of rotatable bonds is 5. The van der Waals surface area contributed by atoms with Gasteiger partial charge in [-0.2, -0.15) is 0 Å². The first-order chi connectivity index (χ1) is 9.56. The van der Waals surface area contributed by atoms with Gasteiger partial charge >= 0.3 is 0 Å². The van der Waals surface area contributed by atoms with Gasteiger partial charge in [0.05, 0.1) is 6.04 Å². The Morgan fingerprint density at radius 1 is 1.10 bits per heavy atom. The zero-order valence-electron chi connectivity index (χ0n) is 11.3. The normalized spacial score (nSPS) is 12.1. The van der Waals surface area contributed by atoms with Gasteiger partial charge in [0, 0.05) is 6.54 Å². The van der Waals surface area contributed by atoms with Crippen molar-refractivity contribution in [1.29, 1.82) is 0 Å². The number of halogens is 1. The van der Waals surface area contributed by atoms with Crippen LogP contribution in [0, 0.1) is 5.82 Å². The van der Waals surface area contributed by atoms with E-state index in [0.29, 0.717) is 6.54 Å². The fourth-order valence-corrected chi connectivity index (χ4v) is 1.83. The summed E-state index contributed by atoms with van der Waals surface area (Å²) in [4.78, 5) is 10.9. The molecule has 0 aliphatic rings. The van der Waals surface area contributed by atoms with Crippen LogP contribution in [0.25, 0.3) is 11.1 Å². The van der Waals surface area contributed by atoms with E-state index in [2.05, 4.69) is 5.32 Å². The van der Waals surface area contributed by atoms with E-state index >= 15 is 0 Å². The third-order valence-corrected chi connectivity index (χ3v) is 3.17. The molecule has 104 valence electrons. The first-order valence-electron chi connectivity index (χ1n) is 6.44. The summed E-state index contributed by atoms with van der Waals surface area (Å²) in [6.45, 7) is 2.31. The summed E-state index contributed by atoms with van der Waals surface area (Å²) in [5, 5.41) is 3.04. The number of hydrogen-bond acceptors (Lipinski definition) is 2. The average Bonchev–Trinajstić information content (AvgIpc) is 2.46. The third kappa shape index (κ3) is 3.65. The van der Waals surface area contributed by atoms with E-state index in [1.165, 1.54) is 12.1 Å². The zero-order valence-corrected chi connectivity index (χ0v) is 11.3. The van der Waals surface area contributed by atoms with Gasteiger partial charge in [-0.25, -0.2) is 4.39 Å². The van der Waals surface area contributed by atoms with Crippen LogP contribution >= 0.6 is 0 Å². The summed E-state index contributed by atoms with van der Waals surface area (Å²) in [6, 6.07) is 13.9. The van der Waals surface area contributed by atoms with Crippen molar-refractivity contribution in [1.82, 2.24) is 5.32 Å². The molecule has 20 heavy (non-hydrogen) atoms. The lowest BCUT2D eigenvalue weighted by molar-refractivity contribution is -0.119. The molecule has 3 nitrogen and oxygen atoms in total. The first kappa shape index (κ1) is 14.2. The van der Waals surface area contributed by atoms with Crippen LogP contribution in [0.15, 0.2) is 48.5 Å². The van der Waals surface area contributed by atoms with E-state index < -0.39 is 0 Å². The van der Waals surface area contributed by atoms with Crippen molar-refractivity contribution in [2.75, 3.05) is 0 Å². The van der Waals surface area contributed by atoms with Gasteiger partial charge in [0.1, 0.15) is 5.82 Å². The van der Waals surface area contributed by atoms with E-state index in [1.807, 2.05) is 24.3 Å². The van der Waals surface area contributed by atoms with Crippen molar-refractivity contribution in [3.05, 3.63) is 59.9 Å². The van der Waals surface area contributed by atoms with Gasteiger partial charge in [0.25, 0.3) is 0 Å². The van der Waals surface area contributed by atoms with Crippen LogP contribution in [0.4, 0.5) is 4.39 Å². The van der Waals surface area contributed by atoms with Crippen molar-refractivity contribution >= 4 is 5.91 Å². The SMILES string of the molecule is CC(NCc1ccc(-c2ccc(F)cc2)cc1)C(N)=O. The summed E-state index contributed by atoms with van der Waals surface area (Å²) in [6.07, 6.45) is 0. The molecule has 3 N–H and O–H groups in total. The molecule has 1 atom stereocenters. The molecule has 0 spiro atoms. The fraction of sp³-hybridized carbons (Fsp3) is 0.188. The average molecular weight is 272 g/mol. The largest absolute Gasteiger partial charge is 0.368 e. The maximum absolute atomic E-state index is 12.9. The monoisotopic (exact) mass is 272 g/mol. The van der Waals surface area contributed by atoms with Crippen LogP contribution in [-0.2, 0) is 11.3 Å². The van der Waals surface area contributed by atoms with Crippen LogP contribution in [0.3, 0.4) is 0 Å². The summed E-state index contributed by atoms with van der Waals surface area (Å²) in [5.41, 5.74) is 8.23. The molecular formula is C16H17FN2O. The van der Waals surface area contributed by atoms with Gasteiger partial charge in [-0.1, -0.05) is 36.4 Å². The number of benzene rings is 2. The molecule has 0 aromatic heterocycles. The second kappa shape index (κ2) is 6.30. The van der Waals surface area contributed by atoms with Gasteiger partial charge in [-0.05, 0) is 35.7 Å². The number of carbonyl (C=O) groups is 1. The summed E-state index contributed by atoms with van der Waals surface area (Å²) >= 11 is 0. The van der Waals surface area contributed by atoms with Crippen molar-refractivity contribution in [2.24, 2.45) is 5.73 Å². The molecule has 0 heterocycles. The maximum Gasteiger partial charge on any atom is 0.234 e. The molecule has 2 aromatic rings. The number of nitrogens with two attached hydrogens (primary N) is 1. The molecule has 1 amide bonds. The molecule has 0 fully saturated rings. The van der Waals surface area contributed by atoms with Crippen LogP contribution in [0.1, 0.15) is 12.5 Å². The highest BCUT2D eigenvalue weighted by atomic mass is 19.1. The Labute approximate surface area is 117 Å². The van der Waals surface area contributed by atoms with E-state index in [4.69, 9.17) is 5.73 Å². The van der Waals surface area contributed by atoms with E-state index in [1.54, 1.807) is 19.1 Å². The topological polar surface area (TPSA) is 55.1 Å². The standard InChI is InChI=1S/C16H17FN2O/c1-11(16(18)20)19-10-12-2-4-13(5-3-12)14-6-8-15(17)9-7-14/h2-9,11,19H,10H2,1H3,(H2,18,20). The molecule has 0 bridgehead atoms. The molecule has 0 aliphatic heterocycles. The lowest BCUT2D eigenvalue weighted by Crippen LogP contribution is -2.38. The number of hydrogen-bond donors (Lipinski definition) is 2. The molecule has 4 heteroatoms. The van der Waals surface area contributed by atoms with Gasteiger partial charge in [-0.15, -0.1) is 0 Å². The van der Waals surface area contributed by atoms with Gasteiger partial charge in [0.2, 0.25) is 5.91 Å². The highest BCUT2D eigenvalue weighted by Gasteiger charge is 2.07. The lowest BCUT2D eigenvalue weighted by atomic mass is 10.0. The molecular weight excluding hydrogens is 255 g/mol. The minimum atomic E-state index is -0.368. The van der Waals surface area contributed by atoms with Crippen LogP contribution in [-0.4, -0.2) is 11.9 Å². The Balaban J connectivity index is 2.03.